The topological polar surface area (TPSA) is 34.2 Å². The van der Waals surface area contributed by atoms with Gasteiger partial charge in [-0.2, -0.15) is 0 Å². The summed E-state index contributed by atoms with van der Waals surface area (Å²) < 4.78 is 11.8. The molecule has 23 heavy (non-hydrogen) atoms. The van der Waals surface area contributed by atoms with E-state index in [1.807, 2.05) is 0 Å². The van der Waals surface area contributed by atoms with E-state index < -0.39 is 0 Å². The Morgan fingerprint density at radius 3 is 2.74 bits per heavy atom. The van der Waals surface area contributed by atoms with Crippen molar-refractivity contribution in [3.05, 3.63) is 47.3 Å². The molecular formula is C20H25NO2. The molecule has 1 saturated carbocycles. The van der Waals surface area contributed by atoms with E-state index in [0.29, 0.717) is 12.0 Å². The first-order valence-electron chi connectivity index (χ1n) is 8.83. The van der Waals surface area contributed by atoms with Crippen LogP contribution in [0, 0.1) is 0 Å². The van der Waals surface area contributed by atoms with Crippen LogP contribution in [-0.4, -0.2) is 18.2 Å². The van der Waals surface area contributed by atoms with Gasteiger partial charge in [0, 0.05) is 11.9 Å². The van der Waals surface area contributed by atoms with Crippen molar-refractivity contribution in [1.29, 1.82) is 0 Å². The molecule has 3 nitrogen and oxygen atoms in total. The van der Waals surface area contributed by atoms with Crippen molar-refractivity contribution in [3.8, 4) is 11.5 Å². The number of benzene rings is 1. The zero-order chi connectivity index (χ0) is 15.6. The number of nitrogens with one attached hydrogen (secondary N) is 1. The van der Waals surface area contributed by atoms with Crippen LogP contribution in [0.3, 0.4) is 0 Å². The van der Waals surface area contributed by atoms with E-state index in [9.17, 15) is 0 Å². The lowest BCUT2D eigenvalue weighted by Gasteiger charge is -2.24. The minimum Gasteiger partial charge on any atom is -0.493 e. The molecule has 122 valence electrons. The van der Waals surface area contributed by atoms with Crippen LogP contribution >= 0.6 is 0 Å². The zero-order valence-corrected chi connectivity index (χ0v) is 13.8. The Kier molecular flexibility index (Phi) is 4.02. The maximum Gasteiger partial charge on any atom is 0.161 e. The summed E-state index contributed by atoms with van der Waals surface area (Å²) in [4.78, 5) is 3.36. The molecule has 1 unspecified atom stereocenters. The molecule has 1 atom stereocenters. The van der Waals surface area contributed by atoms with E-state index in [0.717, 1.165) is 24.3 Å². The molecule has 0 bridgehead atoms. The molecule has 0 amide bonds. The van der Waals surface area contributed by atoms with Crippen LogP contribution in [0.15, 0.2) is 30.5 Å². The van der Waals surface area contributed by atoms with Gasteiger partial charge in [-0.3, -0.25) is 0 Å². The number of methoxy groups -OCH3 is 1. The second kappa shape index (κ2) is 6.31. The molecule has 2 aliphatic carbocycles. The summed E-state index contributed by atoms with van der Waals surface area (Å²) in [5, 5.41) is 0. The number of fused-ring (bicyclic) bond motifs is 1. The van der Waals surface area contributed by atoms with Gasteiger partial charge in [-0.1, -0.05) is 6.07 Å². The van der Waals surface area contributed by atoms with Crippen LogP contribution in [0.25, 0.3) is 0 Å². The minimum absolute atomic E-state index is 0.363. The zero-order valence-electron chi connectivity index (χ0n) is 13.8. The molecule has 1 heterocycles. The summed E-state index contributed by atoms with van der Waals surface area (Å²) in [5.41, 5.74) is 4.26. The van der Waals surface area contributed by atoms with Gasteiger partial charge in [0.05, 0.1) is 13.2 Å². The molecule has 1 aromatic carbocycles. The van der Waals surface area contributed by atoms with Crippen LogP contribution in [0.2, 0.25) is 0 Å². The Balaban J connectivity index is 1.57. The van der Waals surface area contributed by atoms with E-state index in [1.165, 1.54) is 48.9 Å². The van der Waals surface area contributed by atoms with Crippen molar-refractivity contribution in [2.24, 2.45) is 0 Å². The van der Waals surface area contributed by atoms with Gasteiger partial charge in [0.25, 0.3) is 0 Å². The molecule has 1 N–H and O–H groups in total. The van der Waals surface area contributed by atoms with Gasteiger partial charge in [-0.25, -0.2) is 0 Å². The highest BCUT2D eigenvalue weighted by Crippen LogP contribution is 2.38. The first-order chi connectivity index (χ1) is 11.3. The Labute approximate surface area is 138 Å². The Morgan fingerprint density at radius 2 is 1.91 bits per heavy atom. The highest BCUT2D eigenvalue weighted by Gasteiger charge is 2.23. The number of aryl methyl sites for hydroxylation is 1. The third kappa shape index (κ3) is 2.97. The fourth-order valence-corrected chi connectivity index (χ4v) is 4.06. The summed E-state index contributed by atoms with van der Waals surface area (Å²) in [6.45, 7) is 0. The summed E-state index contributed by atoms with van der Waals surface area (Å²) in [5.74, 6) is 2.37. The van der Waals surface area contributed by atoms with Gasteiger partial charge < -0.3 is 14.5 Å². The van der Waals surface area contributed by atoms with Crippen LogP contribution in [0.1, 0.15) is 54.8 Å². The van der Waals surface area contributed by atoms with Crippen molar-refractivity contribution >= 4 is 0 Å². The maximum absolute atomic E-state index is 6.25. The lowest BCUT2D eigenvalue weighted by atomic mass is 9.83. The third-order valence-electron chi connectivity index (χ3n) is 5.39. The average Bonchev–Trinajstić information content (AvgIpc) is 3.25. The molecule has 1 aromatic heterocycles. The van der Waals surface area contributed by atoms with E-state index in [1.54, 1.807) is 7.11 Å². The van der Waals surface area contributed by atoms with Crippen molar-refractivity contribution in [2.45, 2.75) is 57.0 Å². The second-order valence-electron chi connectivity index (χ2n) is 6.86. The molecule has 0 saturated heterocycles. The van der Waals surface area contributed by atoms with Gasteiger partial charge in [-0.15, -0.1) is 0 Å². The molecule has 2 aliphatic rings. The molecule has 0 aliphatic heterocycles. The van der Waals surface area contributed by atoms with E-state index in [4.69, 9.17) is 9.47 Å². The van der Waals surface area contributed by atoms with Crippen molar-refractivity contribution in [3.63, 3.8) is 0 Å². The van der Waals surface area contributed by atoms with E-state index in [2.05, 4.69) is 35.4 Å². The molecule has 0 spiro atoms. The fourth-order valence-electron chi connectivity index (χ4n) is 4.06. The number of aromatic nitrogens is 1. The quantitative estimate of drug-likeness (QED) is 0.894. The number of hydrogen-bond donors (Lipinski definition) is 1. The SMILES string of the molecule is COc1ccc(C2CCc3[nH]ccc3C2)cc1OC1CCCC1. The van der Waals surface area contributed by atoms with Crippen LogP contribution in [0.5, 0.6) is 11.5 Å². The Bertz CT molecular complexity index is 670. The summed E-state index contributed by atoms with van der Waals surface area (Å²) in [7, 11) is 1.73. The van der Waals surface area contributed by atoms with Gasteiger partial charge in [0.2, 0.25) is 0 Å². The average molecular weight is 311 g/mol. The smallest absolute Gasteiger partial charge is 0.161 e. The van der Waals surface area contributed by atoms with Gasteiger partial charge in [0.15, 0.2) is 11.5 Å². The largest absolute Gasteiger partial charge is 0.493 e. The fraction of sp³-hybridized carbons (Fsp3) is 0.500. The van der Waals surface area contributed by atoms with Crippen molar-refractivity contribution in [1.82, 2.24) is 4.98 Å². The summed E-state index contributed by atoms with van der Waals surface area (Å²) in [6, 6.07) is 8.73. The maximum atomic E-state index is 6.25. The molecule has 3 heteroatoms. The van der Waals surface area contributed by atoms with Gasteiger partial charge in [-0.05, 0) is 80.2 Å². The minimum atomic E-state index is 0.363. The predicted octanol–water partition coefficient (Wildman–Crippen LogP) is 4.62. The van der Waals surface area contributed by atoms with Crippen LogP contribution in [0.4, 0.5) is 0 Å². The number of rotatable bonds is 4. The van der Waals surface area contributed by atoms with Gasteiger partial charge in [0.1, 0.15) is 0 Å². The first kappa shape index (κ1) is 14.7. The molecule has 1 fully saturated rings. The normalized spacial score (nSPS) is 21.2. The van der Waals surface area contributed by atoms with Gasteiger partial charge >= 0.3 is 0 Å². The third-order valence-corrected chi connectivity index (χ3v) is 5.39. The van der Waals surface area contributed by atoms with Crippen molar-refractivity contribution < 1.29 is 9.47 Å². The summed E-state index contributed by atoms with van der Waals surface area (Å²) in [6.07, 6.45) is 10.8. The lowest BCUT2D eigenvalue weighted by molar-refractivity contribution is 0.200. The Hall–Kier alpha value is -1.90. The first-order valence-corrected chi connectivity index (χ1v) is 8.83. The van der Waals surface area contributed by atoms with Crippen LogP contribution in [-0.2, 0) is 12.8 Å². The highest BCUT2D eigenvalue weighted by atomic mass is 16.5. The number of ether oxygens (including phenoxy) is 2. The number of H-pyrrole nitrogens is 1. The molecular weight excluding hydrogens is 286 g/mol. The van der Waals surface area contributed by atoms with E-state index in [-0.39, 0.29) is 0 Å². The number of aromatic amines is 1. The number of hydrogen-bond acceptors (Lipinski definition) is 2. The highest BCUT2D eigenvalue weighted by molar-refractivity contribution is 5.45. The lowest BCUT2D eigenvalue weighted by Crippen LogP contribution is -2.14. The van der Waals surface area contributed by atoms with Crippen molar-refractivity contribution in [2.75, 3.05) is 7.11 Å². The molecule has 2 aromatic rings. The second-order valence-corrected chi connectivity index (χ2v) is 6.86. The molecule has 0 radical (unpaired) electrons. The standard InChI is InChI=1S/C20H25NO2/c1-22-19-9-7-15(13-20(19)23-17-4-2-3-5-17)14-6-8-18-16(12-14)10-11-21-18/h7,9-11,13-14,17,21H,2-6,8,12H2,1H3. The Morgan fingerprint density at radius 1 is 1.04 bits per heavy atom. The van der Waals surface area contributed by atoms with Crippen LogP contribution < -0.4 is 9.47 Å². The monoisotopic (exact) mass is 311 g/mol. The summed E-state index contributed by atoms with van der Waals surface area (Å²) >= 11 is 0. The molecule has 4 rings (SSSR count). The van der Waals surface area contributed by atoms with E-state index >= 15 is 0 Å². The predicted molar refractivity (Wildman–Crippen MR) is 91.4 cm³/mol.